The van der Waals surface area contributed by atoms with E-state index in [-0.39, 0.29) is 11.6 Å². The molecule has 1 fully saturated rings. The molecule has 1 unspecified atom stereocenters. The van der Waals surface area contributed by atoms with Crippen LogP contribution in [0.4, 0.5) is 4.79 Å². The Labute approximate surface area is 59.5 Å². The molecule has 1 aliphatic rings. The van der Waals surface area contributed by atoms with Crippen LogP contribution in [-0.2, 0) is 9.47 Å². The molecule has 0 aromatic rings. The van der Waals surface area contributed by atoms with Crippen LogP contribution in [0.5, 0.6) is 0 Å². The smallest absolute Gasteiger partial charge is 0.407 e. The molecular formula is C6H11NO3. The predicted octanol–water partition coefficient (Wildman–Crippen LogP) is 0.131. The van der Waals surface area contributed by atoms with E-state index in [1.165, 1.54) is 0 Å². The molecule has 0 radical (unpaired) electrons. The van der Waals surface area contributed by atoms with E-state index in [2.05, 4.69) is 5.32 Å². The summed E-state index contributed by atoms with van der Waals surface area (Å²) in [5.41, 5.74) is -0.328. The van der Waals surface area contributed by atoms with Gasteiger partial charge in [-0.25, -0.2) is 4.79 Å². The summed E-state index contributed by atoms with van der Waals surface area (Å²) in [6.45, 7) is 2.75. The number of alkyl carbamates (subject to hydrolysis) is 1. The maximum Gasteiger partial charge on any atom is 0.407 e. The van der Waals surface area contributed by atoms with Crippen LogP contribution in [0, 0.1) is 0 Å². The standard InChI is InChI=1S/C6H11NO3/c1-6(3-9-2)4-10-5(8)7-6/h3-4H2,1-2H3,(H,7,8). The summed E-state index contributed by atoms with van der Waals surface area (Å²) in [7, 11) is 1.59. The van der Waals surface area contributed by atoms with Crippen molar-refractivity contribution in [3.8, 4) is 0 Å². The van der Waals surface area contributed by atoms with E-state index < -0.39 is 0 Å². The van der Waals surface area contributed by atoms with Crippen LogP contribution in [0.1, 0.15) is 6.92 Å². The van der Waals surface area contributed by atoms with Crippen molar-refractivity contribution in [2.24, 2.45) is 0 Å². The van der Waals surface area contributed by atoms with E-state index in [4.69, 9.17) is 9.47 Å². The third kappa shape index (κ3) is 1.39. The minimum absolute atomic E-state index is 0.328. The second-order valence-corrected chi connectivity index (χ2v) is 2.69. The van der Waals surface area contributed by atoms with Crippen LogP contribution >= 0.6 is 0 Å². The van der Waals surface area contributed by atoms with Gasteiger partial charge in [0.05, 0.1) is 12.1 Å². The fourth-order valence-electron chi connectivity index (χ4n) is 0.940. The van der Waals surface area contributed by atoms with Crippen LogP contribution in [-0.4, -0.2) is 32.0 Å². The molecule has 0 bridgehead atoms. The number of cyclic esters (lactones) is 1. The molecule has 1 rings (SSSR count). The third-order valence-electron chi connectivity index (χ3n) is 1.39. The Kier molecular flexibility index (Phi) is 1.80. The van der Waals surface area contributed by atoms with Crippen LogP contribution in [0.25, 0.3) is 0 Å². The highest BCUT2D eigenvalue weighted by Gasteiger charge is 2.34. The Morgan fingerprint density at radius 1 is 1.90 bits per heavy atom. The lowest BCUT2D eigenvalue weighted by Gasteiger charge is -2.18. The number of carbonyl (C=O) groups excluding carboxylic acids is 1. The summed E-state index contributed by atoms with van der Waals surface area (Å²) >= 11 is 0. The maximum atomic E-state index is 10.5. The van der Waals surface area contributed by atoms with Gasteiger partial charge in [0.25, 0.3) is 0 Å². The Morgan fingerprint density at radius 2 is 2.60 bits per heavy atom. The van der Waals surface area contributed by atoms with Gasteiger partial charge in [-0.3, -0.25) is 0 Å². The number of rotatable bonds is 2. The average Bonchev–Trinajstić information content (AvgIpc) is 2.12. The average molecular weight is 145 g/mol. The first-order chi connectivity index (χ1) is 4.66. The van der Waals surface area contributed by atoms with Gasteiger partial charge in [0.2, 0.25) is 0 Å². The summed E-state index contributed by atoms with van der Waals surface area (Å²) in [4.78, 5) is 10.5. The fraction of sp³-hybridized carbons (Fsp3) is 0.833. The van der Waals surface area contributed by atoms with Gasteiger partial charge in [-0.1, -0.05) is 0 Å². The largest absolute Gasteiger partial charge is 0.447 e. The zero-order chi connectivity index (χ0) is 7.61. The number of nitrogens with one attached hydrogen (secondary N) is 1. The minimum atomic E-state index is -0.362. The first-order valence-corrected chi connectivity index (χ1v) is 3.10. The first kappa shape index (κ1) is 7.34. The number of methoxy groups -OCH3 is 1. The van der Waals surface area contributed by atoms with E-state index in [1.807, 2.05) is 6.92 Å². The lowest BCUT2D eigenvalue weighted by atomic mass is 10.1. The van der Waals surface area contributed by atoms with Gasteiger partial charge in [0.15, 0.2) is 0 Å². The molecule has 0 spiro atoms. The highest BCUT2D eigenvalue weighted by Crippen LogP contribution is 2.11. The van der Waals surface area contributed by atoms with Gasteiger partial charge < -0.3 is 14.8 Å². The predicted molar refractivity (Wildman–Crippen MR) is 34.8 cm³/mol. The molecule has 1 saturated heterocycles. The van der Waals surface area contributed by atoms with Crippen molar-refractivity contribution >= 4 is 6.09 Å². The number of hydrogen-bond donors (Lipinski definition) is 1. The van der Waals surface area contributed by atoms with E-state index >= 15 is 0 Å². The molecule has 58 valence electrons. The summed E-state index contributed by atoms with van der Waals surface area (Å²) in [6.07, 6.45) is -0.362. The molecule has 1 amide bonds. The van der Waals surface area contributed by atoms with Gasteiger partial charge in [-0.2, -0.15) is 0 Å². The fourth-order valence-corrected chi connectivity index (χ4v) is 0.940. The molecule has 10 heavy (non-hydrogen) atoms. The number of carbonyl (C=O) groups is 1. The topological polar surface area (TPSA) is 47.6 Å². The molecule has 0 aliphatic carbocycles. The van der Waals surface area contributed by atoms with Crippen LogP contribution in [0.3, 0.4) is 0 Å². The summed E-state index contributed by atoms with van der Waals surface area (Å²) < 4.78 is 9.57. The van der Waals surface area contributed by atoms with Gasteiger partial charge >= 0.3 is 6.09 Å². The Balaban J connectivity index is 2.46. The molecule has 0 aromatic heterocycles. The van der Waals surface area contributed by atoms with Crippen molar-refractivity contribution in [3.05, 3.63) is 0 Å². The highest BCUT2D eigenvalue weighted by molar-refractivity contribution is 5.70. The normalized spacial score (nSPS) is 31.6. The van der Waals surface area contributed by atoms with Crippen molar-refractivity contribution in [1.82, 2.24) is 5.32 Å². The molecule has 4 nitrogen and oxygen atoms in total. The van der Waals surface area contributed by atoms with Crippen molar-refractivity contribution in [1.29, 1.82) is 0 Å². The lowest BCUT2D eigenvalue weighted by Crippen LogP contribution is -2.44. The Bertz CT molecular complexity index is 148. The Morgan fingerprint density at radius 3 is 3.00 bits per heavy atom. The summed E-state index contributed by atoms with van der Waals surface area (Å²) in [6, 6.07) is 0. The van der Waals surface area contributed by atoms with Crippen LogP contribution < -0.4 is 5.32 Å². The second-order valence-electron chi connectivity index (χ2n) is 2.69. The SMILES string of the molecule is COCC1(C)COC(=O)N1. The van der Waals surface area contributed by atoms with E-state index in [1.54, 1.807) is 7.11 Å². The monoisotopic (exact) mass is 145 g/mol. The molecule has 0 saturated carbocycles. The third-order valence-corrected chi connectivity index (χ3v) is 1.39. The van der Waals surface area contributed by atoms with Gasteiger partial charge in [0, 0.05) is 7.11 Å². The van der Waals surface area contributed by atoms with Gasteiger partial charge in [0.1, 0.15) is 6.61 Å². The van der Waals surface area contributed by atoms with E-state index in [9.17, 15) is 4.79 Å². The van der Waals surface area contributed by atoms with Crippen molar-refractivity contribution in [2.75, 3.05) is 20.3 Å². The van der Waals surface area contributed by atoms with Gasteiger partial charge in [-0.15, -0.1) is 0 Å². The molecule has 1 heterocycles. The number of amides is 1. The van der Waals surface area contributed by atoms with Gasteiger partial charge in [-0.05, 0) is 6.92 Å². The van der Waals surface area contributed by atoms with Crippen molar-refractivity contribution in [2.45, 2.75) is 12.5 Å². The summed E-state index contributed by atoms with van der Waals surface area (Å²) in [5, 5.41) is 2.64. The molecule has 1 aliphatic heterocycles. The first-order valence-electron chi connectivity index (χ1n) is 3.10. The van der Waals surface area contributed by atoms with E-state index in [0.717, 1.165) is 0 Å². The van der Waals surface area contributed by atoms with Crippen molar-refractivity contribution < 1.29 is 14.3 Å². The zero-order valence-corrected chi connectivity index (χ0v) is 6.14. The lowest BCUT2D eigenvalue weighted by molar-refractivity contribution is 0.116. The molecule has 1 N–H and O–H groups in total. The van der Waals surface area contributed by atoms with Crippen LogP contribution in [0.15, 0.2) is 0 Å². The maximum absolute atomic E-state index is 10.5. The highest BCUT2D eigenvalue weighted by atomic mass is 16.6. The molecule has 0 aromatic carbocycles. The molecule has 4 heteroatoms. The minimum Gasteiger partial charge on any atom is -0.447 e. The second kappa shape index (κ2) is 2.46. The van der Waals surface area contributed by atoms with Crippen LogP contribution in [0.2, 0.25) is 0 Å². The quantitative estimate of drug-likeness (QED) is 0.600. The van der Waals surface area contributed by atoms with Crippen molar-refractivity contribution in [3.63, 3.8) is 0 Å². The molecule has 1 atom stereocenters. The zero-order valence-electron chi connectivity index (χ0n) is 6.14. The Hall–Kier alpha value is -0.770. The van der Waals surface area contributed by atoms with E-state index in [0.29, 0.717) is 13.2 Å². The number of hydrogen-bond acceptors (Lipinski definition) is 3. The summed E-state index contributed by atoms with van der Waals surface area (Å²) in [5.74, 6) is 0. The number of ether oxygens (including phenoxy) is 2. The molecular weight excluding hydrogens is 134 g/mol.